The quantitative estimate of drug-likeness (QED) is 0.877. The lowest BCUT2D eigenvalue weighted by atomic mass is 10.0. The molecule has 0 atom stereocenters. The van der Waals surface area contributed by atoms with Gasteiger partial charge in [-0.3, -0.25) is 4.79 Å². The Kier molecular flexibility index (Phi) is 4.09. The van der Waals surface area contributed by atoms with Crippen LogP contribution in [0, 0.1) is 11.6 Å². The normalized spacial score (nSPS) is 10.7. The number of nitrogens with zero attached hydrogens (tertiary/aromatic N) is 1. The molecule has 1 N–H and O–H groups in total. The van der Waals surface area contributed by atoms with Crippen LogP contribution < -0.4 is 5.56 Å². The third kappa shape index (κ3) is 2.58. The van der Waals surface area contributed by atoms with E-state index in [1.165, 1.54) is 6.07 Å². The van der Waals surface area contributed by atoms with Crippen LogP contribution in [0.3, 0.4) is 0 Å². The summed E-state index contributed by atoms with van der Waals surface area (Å²) in [6.07, 6.45) is 2.24. The summed E-state index contributed by atoms with van der Waals surface area (Å²) in [5.74, 6) is -1.49. The smallest absolute Gasteiger partial charge is 0.254 e. The molecule has 2 aromatic rings. The number of hydrogen-bond donors (Lipinski definition) is 1. The van der Waals surface area contributed by atoms with E-state index >= 15 is 0 Å². The predicted octanol–water partition coefficient (Wildman–Crippen LogP) is 3.43. The third-order valence-electron chi connectivity index (χ3n) is 2.73. The maximum absolute atomic E-state index is 14.1. The SMILES string of the molecule is CCCc1c(-c2c(F)ccc(Br)c2F)nc[nH]c1=O. The minimum absolute atomic E-state index is 0.0573. The second-order valence-corrected chi connectivity index (χ2v) is 4.88. The topological polar surface area (TPSA) is 45.8 Å². The molecular weight excluding hydrogens is 318 g/mol. The van der Waals surface area contributed by atoms with Crippen molar-refractivity contribution in [3.63, 3.8) is 0 Å². The number of halogens is 3. The van der Waals surface area contributed by atoms with Gasteiger partial charge in [0.15, 0.2) is 0 Å². The molecule has 3 nitrogen and oxygen atoms in total. The molecule has 0 aliphatic rings. The number of H-pyrrole nitrogens is 1. The second kappa shape index (κ2) is 5.61. The maximum atomic E-state index is 14.1. The molecule has 0 bridgehead atoms. The molecule has 1 aromatic carbocycles. The fourth-order valence-corrected chi connectivity index (χ4v) is 2.20. The molecule has 0 radical (unpaired) electrons. The molecule has 0 unspecified atom stereocenters. The summed E-state index contributed by atoms with van der Waals surface area (Å²) in [4.78, 5) is 18.1. The van der Waals surface area contributed by atoms with Crippen LogP contribution in [0.15, 0.2) is 27.7 Å². The molecular formula is C13H11BrF2N2O. The Morgan fingerprint density at radius 1 is 1.37 bits per heavy atom. The fourth-order valence-electron chi connectivity index (χ4n) is 1.87. The Hall–Kier alpha value is -1.56. The van der Waals surface area contributed by atoms with Crippen LogP contribution in [0.1, 0.15) is 18.9 Å². The summed E-state index contributed by atoms with van der Waals surface area (Å²) in [5.41, 5.74) is -0.294. The minimum Gasteiger partial charge on any atom is -0.313 e. The number of rotatable bonds is 3. The lowest BCUT2D eigenvalue weighted by molar-refractivity contribution is 0.583. The van der Waals surface area contributed by atoms with Gasteiger partial charge in [0, 0.05) is 5.56 Å². The number of benzene rings is 1. The van der Waals surface area contributed by atoms with Crippen LogP contribution in [0.2, 0.25) is 0 Å². The molecule has 2 rings (SSSR count). The summed E-state index contributed by atoms with van der Waals surface area (Å²) in [5, 5.41) is 0. The standard InChI is InChI=1S/C13H11BrF2N2O/c1-2-3-7-12(17-6-18-13(7)19)10-9(15)5-4-8(14)11(10)16/h4-6H,2-3H2,1H3,(H,17,18,19). The van der Waals surface area contributed by atoms with Crippen molar-refractivity contribution in [1.82, 2.24) is 9.97 Å². The van der Waals surface area contributed by atoms with E-state index in [0.717, 1.165) is 12.4 Å². The van der Waals surface area contributed by atoms with Gasteiger partial charge in [-0.05, 0) is 34.5 Å². The Morgan fingerprint density at radius 3 is 2.79 bits per heavy atom. The number of aromatic nitrogens is 2. The van der Waals surface area contributed by atoms with E-state index in [2.05, 4.69) is 25.9 Å². The van der Waals surface area contributed by atoms with E-state index in [0.29, 0.717) is 18.4 Å². The maximum Gasteiger partial charge on any atom is 0.254 e. The molecule has 19 heavy (non-hydrogen) atoms. The van der Waals surface area contributed by atoms with Gasteiger partial charge in [-0.15, -0.1) is 0 Å². The molecule has 1 aromatic heterocycles. The van der Waals surface area contributed by atoms with Crippen molar-refractivity contribution in [3.05, 3.63) is 50.5 Å². The summed E-state index contributed by atoms with van der Waals surface area (Å²) < 4.78 is 28.0. The molecule has 1 heterocycles. The van der Waals surface area contributed by atoms with E-state index in [1.807, 2.05) is 6.92 Å². The molecule has 0 fully saturated rings. The zero-order chi connectivity index (χ0) is 14.0. The Bertz CT molecular complexity index is 670. The lowest BCUT2D eigenvalue weighted by Gasteiger charge is -2.09. The van der Waals surface area contributed by atoms with Gasteiger partial charge in [-0.2, -0.15) is 0 Å². The molecule has 6 heteroatoms. The van der Waals surface area contributed by atoms with Crippen LogP contribution in [-0.2, 0) is 6.42 Å². The molecule has 0 spiro atoms. The van der Waals surface area contributed by atoms with Gasteiger partial charge >= 0.3 is 0 Å². The first kappa shape index (κ1) is 13.9. The van der Waals surface area contributed by atoms with Crippen molar-refractivity contribution in [3.8, 4) is 11.3 Å². The van der Waals surface area contributed by atoms with Crippen molar-refractivity contribution in [2.75, 3.05) is 0 Å². The van der Waals surface area contributed by atoms with E-state index in [-0.39, 0.29) is 21.3 Å². The molecule has 0 aliphatic carbocycles. The van der Waals surface area contributed by atoms with Crippen molar-refractivity contribution >= 4 is 15.9 Å². The Balaban J connectivity index is 2.76. The molecule has 100 valence electrons. The van der Waals surface area contributed by atoms with Gasteiger partial charge in [0.1, 0.15) is 11.6 Å². The van der Waals surface area contributed by atoms with Crippen LogP contribution in [0.25, 0.3) is 11.3 Å². The highest BCUT2D eigenvalue weighted by Crippen LogP contribution is 2.30. The lowest BCUT2D eigenvalue weighted by Crippen LogP contribution is -2.15. The average Bonchev–Trinajstić information content (AvgIpc) is 2.38. The van der Waals surface area contributed by atoms with E-state index in [9.17, 15) is 13.6 Å². The number of nitrogens with one attached hydrogen (secondary N) is 1. The highest BCUT2D eigenvalue weighted by atomic mass is 79.9. The average molecular weight is 329 g/mol. The monoisotopic (exact) mass is 328 g/mol. The summed E-state index contributed by atoms with van der Waals surface area (Å²) in [7, 11) is 0. The van der Waals surface area contributed by atoms with Gasteiger partial charge in [-0.25, -0.2) is 13.8 Å². The Labute approximate surface area is 116 Å². The predicted molar refractivity (Wildman–Crippen MR) is 71.9 cm³/mol. The van der Waals surface area contributed by atoms with Gasteiger partial charge in [0.25, 0.3) is 5.56 Å². The van der Waals surface area contributed by atoms with Gasteiger partial charge in [0.05, 0.1) is 22.1 Å². The molecule has 0 aliphatic heterocycles. The van der Waals surface area contributed by atoms with E-state index < -0.39 is 11.6 Å². The van der Waals surface area contributed by atoms with Crippen molar-refractivity contribution in [2.24, 2.45) is 0 Å². The van der Waals surface area contributed by atoms with Crippen molar-refractivity contribution < 1.29 is 8.78 Å². The summed E-state index contributed by atoms with van der Waals surface area (Å²) in [6, 6.07) is 2.42. The minimum atomic E-state index is -0.754. The first-order valence-corrected chi connectivity index (χ1v) is 6.56. The molecule has 0 saturated carbocycles. The van der Waals surface area contributed by atoms with Crippen molar-refractivity contribution in [1.29, 1.82) is 0 Å². The van der Waals surface area contributed by atoms with Gasteiger partial charge in [0.2, 0.25) is 0 Å². The second-order valence-electron chi connectivity index (χ2n) is 4.03. The highest BCUT2D eigenvalue weighted by Gasteiger charge is 2.19. The Morgan fingerprint density at radius 2 is 2.11 bits per heavy atom. The van der Waals surface area contributed by atoms with Crippen LogP contribution in [0.4, 0.5) is 8.78 Å². The van der Waals surface area contributed by atoms with E-state index in [4.69, 9.17) is 0 Å². The fraction of sp³-hybridized carbons (Fsp3) is 0.231. The number of hydrogen-bond acceptors (Lipinski definition) is 2. The van der Waals surface area contributed by atoms with Gasteiger partial charge < -0.3 is 4.98 Å². The molecule has 0 amide bonds. The zero-order valence-corrected chi connectivity index (χ0v) is 11.7. The van der Waals surface area contributed by atoms with Gasteiger partial charge in [-0.1, -0.05) is 13.3 Å². The number of aromatic amines is 1. The van der Waals surface area contributed by atoms with Crippen LogP contribution in [-0.4, -0.2) is 9.97 Å². The molecule has 0 saturated heterocycles. The summed E-state index contributed by atoms with van der Waals surface area (Å²) >= 11 is 3.00. The first-order chi connectivity index (χ1) is 9.06. The zero-order valence-electron chi connectivity index (χ0n) is 10.1. The highest BCUT2D eigenvalue weighted by molar-refractivity contribution is 9.10. The summed E-state index contributed by atoms with van der Waals surface area (Å²) in [6.45, 7) is 1.88. The first-order valence-electron chi connectivity index (χ1n) is 5.76. The van der Waals surface area contributed by atoms with E-state index in [1.54, 1.807) is 0 Å². The largest absolute Gasteiger partial charge is 0.313 e. The van der Waals surface area contributed by atoms with Crippen LogP contribution in [0.5, 0.6) is 0 Å². The third-order valence-corrected chi connectivity index (χ3v) is 3.34. The van der Waals surface area contributed by atoms with Crippen LogP contribution >= 0.6 is 15.9 Å². The van der Waals surface area contributed by atoms with Crippen molar-refractivity contribution in [2.45, 2.75) is 19.8 Å².